The zero-order valence-corrected chi connectivity index (χ0v) is 26.1. The Morgan fingerprint density at radius 2 is 1.09 bits per heavy atom. The average Bonchev–Trinajstić information content (AvgIpc) is 3.14. The molecule has 0 unspecified atom stereocenters. The minimum atomic E-state index is -0.491. The average molecular weight is 599 g/mol. The third-order valence-electron chi connectivity index (χ3n) is 10.5. The highest BCUT2D eigenvalue weighted by Crippen LogP contribution is 2.60. The molecule has 3 heterocycles. The fourth-order valence-electron chi connectivity index (χ4n) is 8.83. The molecule has 0 amide bonds. The monoisotopic (exact) mass is 598 g/mol. The fraction of sp³-hybridized carbons (Fsp3) is 0.0455. The topological polar surface area (TPSA) is 6.48 Å². The van der Waals surface area contributed by atoms with Crippen molar-refractivity contribution in [3.63, 3.8) is 0 Å². The van der Waals surface area contributed by atoms with Crippen molar-refractivity contribution < 1.29 is 0 Å². The van der Waals surface area contributed by atoms with E-state index in [9.17, 15) is 0 Å². The molecule has 0 aliphatic carbocycles. The summed E-state index contributed by atoms with van der Waals surface area (Å²) in [6, 6.07) is 63.0. The highest BCUT2D eigenvalue weighted by Gasteiger charge is 2.53. The molecule has 3 aliphatic rings. The van der Waals surface area contributed by atoms with Gasteiger partial charge in [0.05, 0.1) is 5.41 Å². The number of para-hydroxylation sites is 4. The summed E-state index contributed by atoms with van der Waals surface area (Å²) in [7, 11) is 0. The number of anilines is 5. The van der Waals surface area contributed by atoms with Crippen molar-refractivity contribution in [1.29, 1.82) is 0 Å². The van der Waals surface area contributed by atoms with Gasteiger partial charge in [-0.05, 0) is 81.6 Å². The molecule has 0 radical (unpaired) electrons. The van der Waals surface area contributed by atoms with Crippen molar-refractivity contribution in [3.05, 3.63) is 198 Å². The zero-order valence-electron chi connectivity index (χ0n) is 26.1. The molecule has 0 atom stereocenters. The smallest absolute Gasteiger partial charge is 0.333 e. The summed E-state index contributed by atoms with van der Waals surface area (Å²) in [5.74, 6) is 0. The van der Waals surface area contributed by atoms with Gasteiger partial charge in [0.2, 0.25) is 0 Å². The van der Waals surface area contributed by atoms with Gasteiger partial charge in [0.25, 0.3) is 0 Å². The van der Waals surface area contributed by atoms with Crippen LogP contribution < -0.4 is 20.6 Å². The van der Waals surface area contributed by atoms with E-state index in [-0.39, 0.29) is 6.85 Å². The highest BCUT2D eigenvalue weighted by atomic mass is 15.2. The summed E-state index contributed by atoms with van der Waals surface area (Å²) in [4.78, 5) is 5.15. The first-order chi connectivity index (χ1) is 23.3. The quantitative estimate of drug-likeness (QED) is 0.187. The van der Waals surface area contributed by atoms with E-state index in [0.717, 1.165) is 0 Å². The van der Waals surface area contributed by atoms with E-state index in [1.165, 1.54) is 78.3 Å². The first kappa shape index (κ1) is 26.4. The second-order valence-corrected chi connectivity index (χ2v) is 12.9. The van der Waals surface area contributed by atoms with Crippen molar-refractivity contribution >= 4 is 46.2 Å². The van der Waals surface area contributed by atoms with Gasteiger partial charge >= 0.3 is 6.85 Å². The molecular formula is C44H31BN2. The molecule has 2 nitrogen and oxygen atoms in total. The number of benzene rings is 7. The Labute approximate surface area is 276 Å². The van der Waals surface area contributed by atoms with Crippen LogP contribution in [0.3, 0.4) is 0 Å². The molecule has 0 spiro atoms. The van der Waals surface area contributed by atoms with Crippen LogP contribution in [-0.2, 0) is 5.41 Å². The second kappa shape index (κ2) is 9.85. The molecule has 7 aromatic rings. The number of nitrogens with zero attached hydrogens (tertiary/aromatic N) is 2. The normalized spacial score (nSPS) is 14.5. The number of fused-ring (bicyclic) bond motifs is 6. The maximum atomic E-state index is 2.67. The van der Waals surface area contributed by atoms with Crippen LogP contribution in [0, 0.1) is 6.92 Å². The Kier molecular flexibility index (Phi) is 5.54. The van der Waals surface area contributed by atoms with E-state index in [4.69, 9.17) is 0 Å². The molecule has 0 saturated heterocycles. The van der Waals surface area contributed by atoms with Crippen LogP contribution in [0.2, 0.25) is 0 Å². The Balaban J connectivity index is 1.38. The van der Waals surface area contributed by atoms with Gasteiger partial charge in [0, 0.05) is 34.0 Å². The molecule has 47 heavy (non-hydrogen) atoms. The maximum Gasteiger partial charge on any atom is 0.333 e. The molecule has 10 rings (SSSR count). The summed E-state index contributed by atoms with van der Waals surface area (Å²) in [6.07, 6.45) is 0. The molecule has 0 N–H and O–H groups in total. The summed E-state index contributed by atoms with van der Waals surface area (Å²) >= 11 is 0. The second-order valence-electron chi connectivity index (χ2n) is 12.9. The lowest BCUT2D eigenvalue weighted by Gasteiger charge is -2.53. The maximum absolute atomic E-state index is 2.67. The Hall–Kier alpha value is -5.80. The van der Waals surface area contributed by atoms with Crippen molar-refractivity contribution in [1.82, 2.24) is 0 Å². The van der Waals surface area contributed by atoms with Crippen LogP contribution >= 0.6 is 0 Å². The predicted molar refractivity (Wildman–Crippen MR) is 197 cm³/mol. The van der Waals surface area contributed by atoms with Crippen molar-refractivity contribution in [2.75, 3.05) is 9.71 Å². The third-order valence-corrected chi connectivity index (χ3v) is 10.5. The SMILES string of the molecule is Cc1cc2c3c(c1)N(c1ccccc1)c1ccccc1B3N1c3ccccc3C(c3ccccc3)(c3ccccc3)c3cccc-2c31. The molecule has 220 valence electrons. The summed E-state index contributed by atoms with van der Waals surface area (Å²) in [6.45, 7) is 2.25. The minimum Gasteiger partial charge on any atom is -0.376 e. The van der Waals surface area contributed by atoms with Crippen molar-refractivity contribution in [2.24, 2.45) is 0 Å². The molecule has 0 aromatic heterocycles. The van der Waals surface area contributed by atoms with Crippen LogP contribution in [0.1, 0.15) is 27.8 Å². The Bertz CT molecular complexity index is 2290. The van der Waals surface area contributed by atoms with E-state index in [1.54, 1.807) is 0 Å². The van der Waals surface area contributed by atoms with E-state index >= 15 is 0 Å². The Morgan fingerprint density at radius 3 is 1.81 bits per heavy atom. The van der Waals surface area contributed by atoms with Gasteiger partial charge in [0.15, 0.2) is 0 Å². The first-order valence-electron chi connectivity index (χ1n) is 16.5. The van der Waals surface area contributed by atoms with Crippen LogP contribution in [0.25, 0.3) is 11.1 Å². The first-order valence-corrected chi connectivity index (χ1v) is 16.5. The molecule has 0 fully saturated rings. The summed E-state index contributed by atoms with van der Waals surface area (Å²) in [5, 5.41) is 0. The molecule has 7 aromatic carbocycles. The van der Waals surface area contributed by atoms with E-state index in [0.29, 0.717) is 0 Å². The molecule has 3 heteroatoms. The third kappa shape index (κ3) is 3.46. The summed E-state index contributed by atoms with van der Waals surface area (Å²) in [5.41, 5.74) is 17.5. The molecular weight excluding hydrogens is 567 g/mol. The minimum absolute atomic E-state index is 0.0103. The van der Waals surface area contributed by atoms with Gasteiger partial charge in [-0.15, -0.1) is 0 Å². The van der Waals surface area contributed by atoms with Crippen molar-refractivity contribution in [3.8, 4) is 11.1 Å². The van der Waals surface area contributed by atoms with Gasteiger partial charge in [0.1, 0.15) is 0 Å². The number of hydrogen-bond acceptors (Lipinski definition) is 2. The van der Waals surface area contributed by atoms with Crippen LogP contribution in [0.15, 0.2) is 170 Å². The molecule has 0 bridgehead atoms. The fourth-order valence-corrected chi connectivity index (χ4v) is 8.83. The van der Waals surface area contributed by atoms with Gasteiger partial charge < -0.3 is 9.71 Å². The molecule has 3 aliphatic heterocycles. The standard InChI is InChI=1S/C44H31BN2/c1-30-28-35-34-22-15-24-37-43(34)47(45-38-25-12-14-27-40(38)46(41(29-30)42(35)45)33-20-9-4-10-21-33)39-26-13-11-23-36(39)44(37,31-16-5-2-6-17-31)32-18-7-3-8-19-32/h2-29H,1H3. The largest absolute Gasteiger partial charge is 0.376 e. The van der Waals surface area contributed by atoms with Gasteiger partial charge in [-0.25, -0.2) is 0 Å². The van der Waals surface area contributed by atoms with E-state index in [1.807, 2.05) is 0 Å². The number of hydrogen-bond donors (Lipinski definition) is 0. The number of rotatable bonds is 3. The predicted octanol–water partition coefficient (Wildman–Crippen LogP) is 9.40. The highest BCUT2D eigenvalue weighted by molar-refractivity contribution is 6.93. The van der Waals surface area contributed by atoms with Gasteiger partial charge in [-0.3, -0.25) is 0 Å². The summed E-state index contributed by atoms with van der Waals surface area (Å²) < 4.78 is 0. The lowest BCUT2D eigenvalue weighted by atomic mass is 9.42. The van der Waals surface area contributed by atoms with Crippen molar-refractivity contribution in [2.45, 2.75) is 12.3 Å². The Morgan fingerprint density at radius 1 is 0.489 bits per heavy atom. The lowest BCUT2D eigenvalue weighted by Crippen LogP contribution is -2.63. The van der Waals surface area contributed by atoms with Gasteiger partial charge in [-0.2, -0.15) is 0 Å². The van der Waals surface area contributed by atoms with E-state index < -0.39 is 5.41 Å². The van der Waals surface area contributed by atoms with Crippen LogP contribution in [-0.4, -0.2) is 6.85 Å². The molecule has 0 saturated carbocycles. The van der Waals surface area contributed by atoms with E-state index in [2.05, 4.69) is 186 Å². The van der Waals surface area contributed by atoms with Gasteiger partial charge in [-0.1, -0.05) is 140 Å². The zero-order chi connectivity index (χ0) is 31.1. The van der Waals surface area contributed by atoms with Crippen LogP contribution in [0.5, 0.6) is 0 Å². The number of aryl methyl sites for hydroxylation is 1. The van der Waals surface area contributed by atoms with Crippen LogP contribution in [0.4, 0.5) is 28.4 Å². The lowest BCUT2D eigenvalue weighted by molar-refractivity contribution is 0.734.